The monoisotopic (exact) mass is 267 g/mol. The SMILES string of the molecule is COc1ccc2c(C)cc(-n3ccc(C)n3)nc2c1C. The Morgan fingerprint density at radius 1 is 1.10 bits per heavy atom. The Kier molecular flexibility index (Phi) is 2.93. The number of benzene rings is 1. The largest absolute Gasteiger partial charge is 0.496 e. The van der Waals surface area contributed by atoms with Crippen molar-refractivity contribution in [3.05, 3.63) is 47.3 Å². The molecule has 4 nitrogen and oxygen atoms in total. The van der Waals surface area contributed by atoms with Crippen molar-refractivity contribution in [2.75, 3.05) is 7.11 Å². The Bertz CT molecular complexity index is 790. The van der Waals surface area contributed by atoms with Crippen LogP contribution in [-0.4, -0.2) is 21.9 Å². The van der Waals surface area contributed by atoms with Gasteiger partial charge in [0.2, 0.25) is 0 Å². The minimum absolute atomic E-state index is 0.833. The van der Waals surface area contributed by atoms with E-state index in [9.17, 15) is 0 Å². The van der Waals surface area contributed by atoms with Gasteiger partial charge in [-0.05, 0) is 50.6 Å². The first-order valence-corrected chi connectivity index (χ1v) is 6.58. The van der Waals surface area contributed by atoms with Gasteiger partial charge in [0.25, 0.3) is 0 Å². The molecule has 0 bridgehead atoms. The number of aryl methyl sites for hydroxylation is 3. The zero-order chi connectivity index (χ0) is 14.3. The third-order valence-corrected chi connectivity index (χ3v) is 3.56. The van der Waals surface area contributed by atoms with Gasteiger partial charge in [0.1, 0.15) is 5.75 Å². The molecule has 0 radical (unpaired) electrons. The van der Waals surface area contributed by atoms with Crippen LogP contribution in [0.5, 0.6) is 5.75 Å². The lowest BCUT2D eigenvalue weighted by atomic mass is 10.1. The first-order chi connectivity index (χ1) is 9.60. The number of hydrogen-bond acceptors (Lipinski definition) is 3. The Hall–Kier alpha value is -2.36. The molecular formula is C16H17N3O. The van der Waals surface area contributed by atoms with Crippen molar-refractivity contribution in [1.82, 2.24) is 14.8 Å². The lowest BCUT2D eigenvalue weighted by Crippen LogP contribution is -2.01. The van der Waals surface area contributed by atoms with Crippen LogP contribution in [0.3, 0.4) is 0 Å². The average molecular weight is 267 g/mol. The Balaban J connectivity index is 2.29. The van der Waals surface area contributed by atoms with Crippen LogP contribution in [0.4, 0.5) is 0 Å². The molecule has 2 aromatic heterocycles. The van der Waals surface area contributed by atoms with Gasteiger partial charge in [0.05, 0.1) is 18.3 Å². The van der Waals surface area contributed by atoms with Crippen molar-refractivity contribution in [2.45, 2.75) is 20.8 Å². The molecule has 3 aromatic rings. The van der Waals surface area contributed by atoms with Crippen LogP contribution in [0.2, 0.25) is 0 Å². The maximum atomic E-state index is 5.38. The maximum absolute atomic E-state index is 5.38. The Morgan fingerprint density at radius 2 is 1.90 bits per heavy atom. The molecule has 0 N–H and O–H groups in total. The van der Waals surface area contributed by atoms with Crippen LogP contribution in [-0.2, 0) is 0 Å². The van der Waals surface area contributed by atoms with Gasteiger partial charge < -0.3 is 4.74 Å². The van der Waals surface area contributed by atoms with Gasteiger partial charge in [-0.25, -0.2) is 9.67 Å². The molecule has 0 aliphatic rings. The molecule has 0 saturated carbocycles. The van der Waals surface area contributed by atoms with Gasteiger partial charge in [0.15, 0.2) is 5.82 Å². The zero-order valence-corrected chi connectivity index (χ0v) is 12.1. The number of nitrogens with zero attached hydrogens (tertiary/aromatic N) is 3. The van der Waals surface area contributed by atoms with Crippen LogP contribution in [0.15, 0.2) is 30.5 Å². The maximum Gasteiger partial charge on any atom is 0.154 e. The number of methoxy groups -OCH3 is 1. The fourth-order valence-electron chi connectivity index (χ4n) is 2.44. The lowest BCUT2D eigenvalue weighted by molar-refractivity contribution is 0.412. The second-order valence-corrected chi connectivity index (χ2v) is 4.99. The molecule has 0 aliphatic carbocycles. The minimum Gasteiger partial charge on any atom is -0.496 e. The molecular weight excluding hydrogens is 250 g/mol. The van der Waals surface area contributed by atoms with Crippen LogP contribution < -0.4 is 4.74 Å². The second-order valence-electron chi connectivity index (χ2n) is 4.99. The van der Waals surface area contributed by atoms with E-state index >= 15 is 0 Å². The molecule has 0 aliphatic heterocycles. The quantitative estimate of drug-likeness (QED) is 0.715. The van der Waals surface area contributed by atoms with E-state index in [-0.39, 0.29) is 0 Å². The zero-order valence-electron chi connectivity index (χ0n) is 12.1. The third kappa shape index (κ3) is 1.93. The van der Waals surface area contributed by atoms with E-state index in [0.717, 1.165) is 33.7 Å². The van der Waals surface area contributed by atoms with E-state index in [0.29, 0.717) is 0 Å². The van der Waals surface area contributed by atoms with E-state index in [4.69, 9.17) is 9.72 Å². The molecule has 4 heteroatoms. The van der Waals surface area contributed by atoms with Crippen LogP contribution in [0, 0.1) is 20.8 Å². The molecule has 0 spiro atoms. The number of rotatable bonds is 2. The summed E-state index contributed by atoms with van der Waals surface area (Å²) >= 11 is 0. The molecule has 20 heavy (non-hydrogen) atoms. The number of hydrogen-bond donors (Lipinski definition) is 0. The highest BCUT2D eigenvalue weighted by molar-refractivity contribution is 5.87. The Morgan fingerprint density at radius 3 is 2.55 bits per heavy atom. The lowest BCUT2D eigenvalue weighted by Gasteiger charge is -2.11. The molecule has 0 saturated heterocycles. The summed E-state index contributed by atoms with van der Waals surface area (Å²) in [7, 11) is 1.68. The highest BCUT2D eigenvalue weighted by atomic mass is 16.5. The van der Waals surface area contributed by atoms with Crippen LogP contribution in [0.1, 0.15) is 16.8 Å². The first-order valence-electron chi connectivity index (χ1n) is 6.58. The topological polar surface area (TPSA) is 39.9 Å². The van der Waals surface area contributed by atoms with E-state index in [2.05, 4.69) is 24.2 Å². The molecule has 0 amide bonds. The molecule has 3 rings (SSSR count). The van der Waals surface area contributed by atoms with Crippen molar-refractivity contribution in [2.24, 2.45) is 0 Å². The summed E-state index contributed by atoms with van der Waals surface area (Å²) in [4.78, 5) is 4.75. The number of pyridine rings is 1. The average Bonchev–Trinajstić information content (AvgIpc) is 2.86. The summed E-state index contributed by atoms with van der Waals surface area (Å²) in [5, 5.41) is 5.57. The smallest absolute Gasteiger partial charge is 0.154 e. The summed E-state index contributed by atoms with van der Waals surface area (Å²) in [6, 6.07) is 8.08. The van der Waals surface area contributed by atoms with Crippen LogP contribution >= 0.6 is 0 Å². The molecule has 0 atom stereocenters. The predicted octanol–water partition coefficient (Wildman–Crippen LogP) is 3.35. The van der Waals surface area contributed by atoms with E-state index in [1.54, 1.807) is 11.8 Å². The number of ether oxygens (including phenoxy) is 1. The normalized spacial score (nSPS) is 11.0. The fraction of sp³-hybridized carbons (Fsp3) is 0.250. The first kappa shape index (κ1) is 12.7. The summed E-state index contributed by atoms with van der Waals surface area (Å²) in [6.45, 7) is 6.10. The van der Waals surface area contributed by atoms with Crippen molar-refractivity contribution >= 4 is 10.9 Å². The molecule has 0 fully saturated rings. The second kappa shape index (κ2) is 4.63. The summed E-state index contributed by atoms with van der Waals surface area (Å²) in [5.74, 6) is 1.69. The van der Waals surface area contributed by atoms with Crippen LogP contribution in [0.25, 0.3) is 16.7 Å². The standard InChI is InChI=1S/C16H17N3O/c1-10-9-15(19-8-7-11(2)18-19)17-16-12(3)14(20-4)6-5-13(10)16/h5-9H,1-4H3. The van der Waals surface area contributed by atoms with Gasteiger partial charge in [0, 0.05) is 17.1 Å². The van der Waals surface area contributed by atoms with Crippen molar-refractivity contribution in [1.29, 1.82) is 0 Å². The van der Waals surface area contributed by atoms with Crippen molar-refractivity contribution in [3.8, 4) is 11.6 Å². The van der Waals surface area contributed by atoms with Crippen molar-refractivity contribution < 1.29 is 4.74 Å². The minimum atomic E-state index is 0.833. The number of fused-ring (bicyclic) bond motifs is 1. The van der Waals surface area contributed by atoms with E-state index in [1.165, 1.54) is 5.56 Å². The van der Waals surface area contributed by atoms with Gasteiger partial charge in [-0.3, -0.25) is 0 Å². The van der Waals surface area contributed by atoms with Gasteiger partial charge in [-0.1, -0.05) is 0 Å². The van der Waals surface area contributed by atoms with Gasteiger partial charge >= 0.3 is 0 Å². The molecule has 0 unspecified atom stereocenters. The number of aromatic nitrogens is 3. The predicted molar refractivity (Wildman–Crippen MR) is 79.6 cm³/mol. The van der Waals surface area contributed by atoms with E-state index in [1.807, 2.05) is 32.2 Å². The Labute approximate surface area is 118 Å². The molecule has 1 aromatic carbocycles. The highest BCUT2D eigenvalue weighted by Crippen LogP contribution is 2.28. The third-order valence-electron chi connectivity index (χ3n) is 3.56. The van der Waals surface area contributed by atoms with Gasteiger partial charge in [-0.2, -0.15) is 5.10 Å². The fourth-order valence-corrected chi connectivity index (χ4v) is 2.44. The molecule has 102 valence electrons. The highest BCUT2D eigenvalue weighted by Gasteiger charge is 2.10. The summed E-state index contributed by atoms with van der Waals surface area (Å²) < 4.78 is 7.19. The molecule has 2 heterocycles. The van der Waals surface area contributed by atoms with E-state index < -0.39 is 0 Å². The summed E-state index contributed by atoms with van der Waals surface area (Å²) in [5.41, 5.74) is 4.18. The van der Waals surface area contributed by atoms with Gasteiger partial charge in [-0.15, -0.1) is 0 Å². The van der Waals surface area contributed by atoms with Crippen molar-refractivity contribution in [3.63, 3.8) is 0 Å². The summed E-state index contributed by atoms with van der Waals surface area (Å²) in [6.07, 6.45) is 1.93.